The Bertz CT molecular complexity index is 993. The number of aromatic nitrogens is 4. The predicted molar refractivity (Wildman–Crippen MR) is 89.9 cm³/mol. The fourth-order valence-electron chi connectivity index (χ4n) is 2.46. The second-order valence-corrected chi connectivity index (χ2v) is 5.73. The minimum Gasteiger partial charge on any atom is -0.317 e. The molecule has 0 radical (unpaired) electrons. The van der Waals surface area contributed by atoms with E-state index in [1.165, 1.54) is 27.6 Å². The highest BCUT2D eigenvalue weighted by Crippen LogP contribution is 2.08. The molecule has 2 heterocycles. The van der Waals surface area contributed by atoms with Crippen LogP contribution >= 0.6 is 0 Å². The quantitative estimate of drug-likeness (QED) is 0.783. The third kappa shape index (κ3) is 3.79. The first-order chi connectivity index (χ1) is 11.9. The molecule has 1 aromatic carbocycles. The SMILES string of the molecule is Cc1cc(NC(=O)c2cn(Cc3cccc(F)c3)nn2)c(=O)n(C)c1. The zero-order valence-corrected chi connectivity index (χ0v) is 13.7. The van der Waals surface area contributed by atoms with Crippen LogP contribution in [-0.2, 0) is 13.6 Å². The topological polar surface area (TPSA) is 81.8 Å². The van der Waals surface area contributed by atoms with Gasteiger partial charge in [0.05, 0.1) is 12.7 Å². The second kappa shape index (κ2) is 6.68. The maximum absolute atomic E-state index is 13.2. The number of nitrogens with one attached hydrogen (secondary N) is 1. The lowest BCUT2D eigenvalue weighted by atomic mass is 10.2. The highest BCUT2D eigenvalue weighted by atomic mass is 19.1. The van der Waals surface area contributed by atoms with Gasteiger partial charge in [0.15, 0.2) is 5.69 Å². The molecule has 3 aromatic rings. The van der Waals surface area contributed by atoms with Gasteiger partial charge in [0.25, 0.3) is 11.5 Å². The largest absolute Gasteiger partial charge is 0.317 e. The van der Waals surface area contributed by atoms with Gasteiger partial charge in [-0.3, -0.25) is 9.59 Å². The lowest BCUT2D eigenvalue weighted by Crippen LogP contribution is -2.24. The molecule has 0 fully saturated rings. The van der Waals surface area contributed by atoms with Gasteiger partial charge in [-0.25, -0.2) is 9.07 Å². The van der Waals surface area contributed by atoms with Crippen molar-refractivity contribution < 1.29 is 9.18 Å². The number of halogens is 1. The fraction of sp³-hybridized carbons (Fsp3) is 0.176. The molecule has 7 nitrogen and oxygen atoms in total. The van der Waals surface area contributed by atoms with Crippen LogP contribution in [0.1, 0.15) is 21.6 Å². The van der Waals surface area contributed by atoms with Gasteiger partial charge >= 0.3 is 0 Å². The molecule has 0 aliphatic heterocycles. The van der Waals surface area contributed by atoms with Crippen molar-refractivity contribution in [3.8, 4) is 0 Å². The molecule has 1 amide bonds. The minimum absolute atomic E-state index is 0.0694. The van der Waals surface area contributed by atoms with Crippen molar-refractivity contribution in [1.29, 1.82) is 0 Å². The number of hydrogen-bond acceptors (Lipinski definition) is 4. The first-order valence-corrected chi connectivity index (χ1v) is 7.55. The van der Waals surface area contributed by atoms with Crippen LogP contribution in [-0.4, -0.2) is 25.5 Å². The maximum Gasteiger partial charge on any atom is 0.277 e. The monoisotopic (exact) mass is 341 g/mol. The molecule has 0 spiro atoms. The normalized spacial score (nSPS) is 10.7. The highest BCUT2D eigenvalue weighted by Gasteiger charge is 2.14. The van der Waals surface area contributed by atoms with Gasteiger partial charge in [-0.05, 0) is 36.2 Å². The lowest BCUT2D eigenvalue weighted by molar-refractivity contribution is 0.102. The Morgan fingerprint density at radius 3 is 2.84 bits per heavy atom. The number of hydrogen-bond donors (Lipinski definition) is 1. The predicted octanol–water partition coefficient (Wildman–Crippen LogP) is 1.72. The Kier molecular flexibility index (Phi) is 4.42. The first-order valence-electron chi connectivity index (χ1n) is 7.55. The standard InChI is InChI=1S/C17H16FN5O2/c1-11-6-14(17(25)22(2)8-11)19-16(24)15-10-23(21-20-15)9-12-4-3-5-13(18)7-12/h3-8,10H,9H2,1-2H3,(H,19,24). The van der Waals surface area contributed by atoms with Crippen LogP contribution in [0.2, 0.25) is 0 Å². The Morgan fingerprint density at radius 2 is 2.08 bits per heavy atom. The van der Waals surface area contributed by atoms with Gasteiger partial charge in [-0.2, -0.15) is 0 Å². The lowest BCUT2D eigenvalue weighted by Gasteiger charge is -2.06. The summed E-state index contributed by atoms with van der Waals surface area (Å²) >= 11 is 0. The Morgan fingerprint density at radius 1 is 1.28 bits per heavy atom. The molecule has 25 heavy (non-hydrogen) atoms. The molecule has 0 aliphatic carbocycles. The summed E-state index contributed by atoms with van der Waals surface area (Å²) in [5, 5.41) is 10.2. The number of nitrogens with zero attached hydrogens (tertiary/aromatic N) is 4. The summed E-state index contributed by atoms with van der Waals surface area (Å²) in [7, 11) is 1.61. The minimum atomic E-state index is -0.534. The van der Waals surface area contributed by atoms with Crippen LogP contribution in [0.5, 0.6) is 0 Å². The summed E-state index contributed by atoms with van der Waals surface area (Å²) < 4.78 is 16.0. The van der Waals surface area contributed by atoms with E-state index in [-0.39, 0.29) is 29.3 Å². The summed E-state index contributed by atoms with van der Waals surface area (Å²) in [5.41, 5.74) is 1.47. The van der Waals surface area contributed by atoms with Gasteiger partial charge in [0.1, 0.15) is 11.5 Å². The van der Waals surface area contributed by atoms with Gasteiger partial charge < -0.3 is 9.88 Å². The average molecular weight is 341 g/mol. The number of carbonyl (C=O) groups is 1. The van der Waals surface area contributed by atoms with Gasteiger partial charge in [-0.15, -0.1) is 5.10 Å². The molecule has 3 rings (SSSR count). The van der Waals surface area contributed by atoms with Crippen LogP contribution in [0.25, 0.3) is 0 Å². The molecule has 0 saturated carbocycles. The summed E-state index contributed by atoms with van der Waals surface area (Å²) in [6.07, 6.45) is 3.12. The smallest absolute Gasteiger partial charge is 0.277 e. The second-order valence-electron chi connectivity index (χ2n) is 5.73. The molecule has 0 aliphatic rings. The Hall–Kier alpha value is -3.29. The van der Waals surface area contributed by atoms with E-state index in [1.807, 2.05) is 6.92 Å². The van der Waals surface area contributed by atoms with Gasteiger partial charge in [0, 0.05) is 13.2 Å². The number of pyridine rings is 1. The van der Waals surface area contributed by atoms with Crippen LogP contribution in [0.4, 0.5) is 10.1 Å². The molecule has 1 N–H and O–H groups in total. The van der Waals surface area contributed by atoms with E-state index < -0.39 is 5.91 Å². The van der Waals surface area contributed by atoms with Gasteiger partial charge in [-0.1, -0.05) is 17.3 Å². The van der Waals surface area contributed by atoms with E-state index in [0.717, 1.165) is 5.56 Å². The number of aryl methyl sites for hydroxylation is 2. The van der Waals surface area contributed by atoms with Crippen molar-refractivity contribution in [3.05, 3.63) is 75.7 Å². The van der Waals surface area contributed by atoms with E-state index >= 15 is 0 Å². The molecule has 0 unspecified atom stereocenters. The summed E-state index contributed by atoms with van der Waals surface area (Å²) in [5.74, 6) is -0.876. The summed E-state index contributed by atoms with van der Waals surface area (Å²) in [4.78, 5) is 24.3. The number of rotatable bonds is 4. The average Bonchev–Trinajstić information content (AvgIpc) is 3.00. The molecular formula is C17H16FN5O2. The van der Waals surface area contributed by atoms with Crippen LogP contribution in [0.15, 0.2) is 47.5 Å². The first kappa shape index (κ1) is 16.6. The highest BCUT2D eigenvalue weighted by molar-refractivity contribution is 6.02. The molecule has 128 valence electrons. The van der Waals surface area contributed by atoms with Crippen LogP contribution < -0.4 is 10.9 Å². The Labute approximate surface area is 142 Å². The molecule has 8 heteroatoms. The fourth-order valence-corrected chi connectivity index (χ4v) is 2.46. The van der Waals surface area contributed by atoms with E-state index in [9.17, 15) is 14.0 Å². The van der Waals surface area contributed by atoms with E-state index in [2.05, 4.69) is 15.6 Å². The van der Waals surface area contributed by atoms with E-state index in [4.69, 9.17) is 0 Å². The van der Waals surface area contributed by atoms with Gasteiger partial charge in [0.2, 0.25) is 0 Å². The van der Waals surface area contributed by atoms with Crippen molar-refractivity contribution in [3.63, 3.8) is 0 Å². The van der Waals surface area contributed by atoms with Crippen LogP contribution in [0.3, 0.4) is 0 Å². The molecule has 0 bridgehead atoms. The molecular weight excluding hydrogens is 325 g/mol. The third-order valence-corrected chi connectivity index (χ3v) is 3.57. The van der Waals surface area contributed by atoms with Crippen molar-refractivity contribution in [2.24, 2.45) is 7.05 Å². The Balaban J connectivity index is 1.76. The molecule has 2 aromatic heterocycles. The van der Waals surface area contributed by atoms with Crippen molar-refractivity contribution >= 4 is 11.6 Å². The van der Waals surface area contributed by atoms with Crippen molar-refractivity contribution in [1.82, 2.24) is 19.6 Å². The third-order valence-electron chi connectivity index (χ3n) is 3.57. The zero-order chi connectivity index (χ0) is 18.0. The summed E-state index contributed by atoms with van der Waals surface area (Å²) in [6, 6.07) is 7.69. The van der Waals surface area contributed by atoms with Crippen molar-refractivity contribution in [2.45, 2.75) is 13.5 Å². The molecule has 0 atom stereocenters. The summed E-state index contributed by atoms with van der Waals surface area (Å²) in [6.45, 7) is 2.11. The van der Waals surface area contributed by atoms with Crippen LogP contribution in [0, 0.1) is 12.7 Å². The van der Waals surface area contributed by atoms with E-state index in [0.29, 0.717) is 5.56 Å². The number of amides is 1. The number of benzene rings is 1. The zero-order valence-electron chi connectivity index (χ0n) is 13.7. The van der Waals surface area contributed by atoms with E-state index in [1.54, 1.807) is 31.4 Å². The van der Waals surface area contributed by atoms with Crippen molar-refractivity contribution in [2.75, 3.05) is 5.32 Å². The maximum atomic E-state index is 13.2. The number of anilines is 1. The molecule has 0 saturated heterocycles. The number of carbonyl (C=O) groups excluding carboxylic acids is 1.